The van der Waals surface area contributed by atoms with Gasteiger partial charge in [-0.3, -0.25) is 19.2 Å². The molecule has 0 spiro atoms. The van der Waals surface area contributed by atoms with Crippen molar-refractivity contribution in [3.05, 3.63) is 11.1 Å². The maximum absolute atomic E-state index is 13.6. The number of esters is 1. The van der Waals surface area contributed by atoms with Gasteiger partial charge in [0.25, 0.3) is 0 Å². The van der Waals surface area contributed by atoms with Crippen LogP contribution in [0.25, 0.3) is 0 Å². The van der Waals surface area contributed by atoms with Gasteiger partial charge in [-0.2, -0.15) is 0 Å². The quantitative estimate of drug-likeness (QED) is 0.306. The summed E-state index contributed by atoms with van der Waals surface area (Å²) >= 11 is 0. The van der Waals surface area contributed by atoms with Crippen molar-refractivity contribution >= 4 is 23.6 Å². The lowest BCUT2D eigenvalue weighted by Gasteiger charge is -2.72. The van der Waals surface area contributed by atoms with Crippen LogP contribution in [0.15, 0.2) is 11.1 Å². The Morgan fingerprint density at radius 3 is 2.18 bits per heavy atom. The molecule has 5 rings (SSSR count). The second kappa shape index (κ2) is 10.4. The normalized spacial score (nSPS) is 41.3. The van der Waals surface area contributed by atoms with E-state index in [0.29, 0.717) is 18.3 Å². The summed E-state index contributed by atoms with van der Waals surface area (Å²) in [5.41, 5.74) is 0.499. The molecule has 0 radical (unpaired) electrons. The van der Waals surface area contributed by atoms with Crippen LogP contribution in [0, 0.1) is 50.7 Å². The highest BCUT2D eigenvalue weighted by Crippen LogP contribution is 2.75. The first-order valence-corrected chi connectivity index (χ1v) is 17.2. The van der Waals surface area contributed by atoms with Gasteiger partial charge in [0.05, 0.1) is 17.4 Å². The van der Waals surface area contributed by atoms with Gasteiger partial charge in [0.1, 0.15) is 6.10 Å². The fourth-order valence-electron chi connectivity index (χ4n) is 11.9. The SMILES string of the molecule is CC(=O)N[C@@]12CC[C@]3(C)[C@H](CC[C@@H]4[C@@]5(C)CC[C@H](OC(=O)CC(C)(C)C(=O)O)C(C)(C)[C@@H]5CC[C@]43C)C1=C(C(C)C)C(=O)C2. The minimum absolute atomic E-state index is 0.0157. The molecule has 44 heavy (non-hydrogen) atoms. The Kier molecular flexibility index (Phi) is 7.86. The van der Waals surface area contributed by atoms with Crippen molar-refractivity contribution < 1.29 is 29.0 Å². The fourth-order valence-corrected chi connectivity index (χ4v) is 11.9. The molecule has 246 valence electrons. The van der Waals surface area contributed by atoms with E-state index in [-0.39, 0.29) is 57.7 Å². The molecular formula is C37H57NO6. The zero-order valence-electron chi connectivity index (χ0n) is 28.9. The molecule has 0 saturated heterocycles. The highest BCUT2D eigenvalue weighted by atomic mass is 16.5. The van der Waals surface area contributed by atoms with E-state index in [1.54, 1.807) is 20.8 Å². The van der Waals surface area contributed by atoms with Crippen LogP contribution in [0.5, 0.6) is 0 Å². The number of carbonyl (C=O) groups is 4. The molecule has 7 nitrogen and oxygen atoms in total. The number of amides is 1. The number of ketones is 1. The molecule has 0 aliphatic heterocycles. The van der Waals surface area contributed by atoms with Crippen LogP contribution in [0.1, 0.15) is 133 Å². The van der Waals surface area contributed by atoms with Crippen LogP contribution in [-0.4, -0.2) is 40.4 Å². The number of aliphatic carboxylic acids is 1. The number of nitrogens with one attached hydrogen (secondary N) is 1. The topological polar surface area (TPSA) is 110 Å². The third kappa shape index (κ3) is 4.63. The Morgan fingerprint density at radius 1 is 0.932 bits per heavy atom. The van der Waals surface area contributed by atoms with Crippen LogP contribution in [0.3, 0.4) is 0 Å². The second-order valence-corrected chi connectivity index (χ2v) is 17.7. The van der Waals surface area contributed by atoms with Gasteiger partial charge >= 0.3 is 11.9 Å². The Balaban J connectivity index is 1.46. The van der Waals surface area contributed by atoms with Crippen LogP contribution in [0.4, 0.5) is 0 Å². The maximum Gasteiger partial charge on any atom is 0.309 e. The van der Waals surface area contributed by atoms with Crippen molar-refractivity contribution in [2.45, 2.75) is 145 Å². The average molecular weight is 612 g/mol. The molecule has 0 aromatic heterocycles. The van der Waals surface area contributed by atoms with Crippen LogP contribution < -0.4 is 5.32 Å². The first-order valence-electron chi connectivity index (χ1n) is 17.2. The summed E-state index contributed by atoms with van der Waals surface area (Å²) in [6.45, 7) is 21.1. The van der Waals surface area contributed by atoms with Crippen LogP contribution >= 0.6 is 0 Å². The van der Waals surface area contributed by atoms with Gasteiger partial charge in [0, 0.05) is 18.8 Å². The molecule has 0 heterocycles. The monoisotopic (exact) mass is 611 g/mol. The number of hydrogen-bond donors (Lipinski definition) is 2. The average Bonchev–Trinajstić information content (AvgIpc) is 3.17. The first-order chi connectivity index (χ1) is 20.2. The summed E-state index contributed by atoms with van der Waals surface area (Å²) in [7, 11) is 0. The molecule has 4 saturated carbocycles. The van der Waals surface area contributed by atoms with E-state index in [1.165, 1.54) is 5.57 Å². The van der Waals surface area contributed by atoms with Crippen molar-refractivity contribution in [2.24, 2.45) is 50.7 Å². The molecule has 4 fully saturated rings. The molecule has 0 aromatic rings. The molecule has 8 atom stereocenters. The molecule has 5 aliphatic carbocycles. The largest absolute Gasteiger partial charge is 0.481 e. The summed E-state index contributed by atoms with van der Waals surface area (Å²) in [6.07, 6.45) is 7.89. The molecule has 0 bridgehead atoms. The molecule has 7 heteroatoms. The zero-order valence-corrected chi connectivity index (χ0v) is 28.9. The molecule has 0 aromatic carbocycles. The highest BCUT2D eigenvalue weighted by molar-refractivity contribution is 6.02. The number of carboxylic acid groups (broad SMARTS) is 1. The summed E-state index contributed by atoms with van der Waals surface area (Å²) in [4.78, 5) is 50.7. The van der Waals surface area contributed by atoms with E-state index in [4.69, 9.17) is 4.74 Å². The van der Waals surface area contributed by atoms with Gasteiger partial charge in [-0.05, 0) is 116 Å². The summed E-state index contributed by atoms with van der Waals surface area (Å²) in [5.74, 6) is 0.0534. The third-order valence-corrected chi connectivity index (χ3v) is 14.2. The number of rotatable bonds is 6. The lowest BCUT2D eigenvalue weighted by molar-refractivity contribution is -0.232. The number of fused-ring (bicyclic) bond motifs is 7. The summed E-state index contributed by atoms with van der Waals surface area (Å²) < 4.78 is 6.11. The second-order valence-electron chi connectivity index (χ2n) is 17.7. The van der Waals surface area contributed by atoms with Crippen molar-refractivity contribution in [1.29, 1.82) is 0 Å². The number of carboxylic acids is 1. The predicted octanol–water partition coefficient (Wildman–Crippen LogP) is 7.27. The Hall–Kier alpha value is -2.18. The number of allylic oxidation sites excluding steroid dienone is 1. The van der Waals surface area contributed by atoms with E-state index in [9.17, 15) is 24.3 Å². The maximum atomic E-state index is 13.6. The lowest BCUT2D eigenvalue weighted by Crippen LogP contribution is -2.67. The van der Waals surface area contributed by atoms with Crippen molar-refractivity contribution in [3.63, 3.8) is 0 Å². The van der Waals surface area contributed by atoms with Gasteiger partial charge in [-0.1, -0.05) is 48.5 Å². The van der Waals surface area contributed by atoms with Crippen LogP contribution in [0.2, 0.25) is 0 Å². The lowest BCUT2D eigenvalue weighted by atomic mass is 9.33. The van der Waals surface area contributed by atoms with Gasteiger partial charge in [-0.15, -0.1) is 0 Å². The van der Waals surface area contributed by atoms with Crippen molar-refractivity contribution in [1.82, 2.24) is 5.32 Å². The molecular weight excluding hydrogens is 554 g/mol. The molecule has 1 amide bonds. The summed E-state index contributed by atoms with van der Waals surface area (Å²) in [5, 5.41) is 12.9. The molecule has 2 N–H and O–H groups in total. The number of ether oxygens (including phenoxy) is 1. The van der Waals surface area contributed by atoms with Gasteiger partial charge in [-0.25, -0.2) is 0 Å². The summed E-state index contributed by atoms with van der Waals surface area (Å²) in [6, 6.07) is 0. The Bertz CT molecular complexity index is 1290. The fraction of sp³-hybridized carbons (Fsp3) is 0.838. The third-order valence-electron chi connectivity index (χ3n) is 14.2. The standard InChI is InChI=1S/C37H57NO6/c1-21(2)29-24(40)19-37(38-22(3)39)18-17-35(9)23(30(29)37)11-12-26-34(8)15-14-27(44-28(41)20-32(4,5)31(42)43)33(6,7)25(34)13-16-36(26,35)10/h21,23,25-27H,11-20H2,1-10H3,(H,38,39)(H,42,43)/t23-,25+,26-,27+,34+,35-,36-,37-/m1/s1. The Labute approximate surface area is 264 Å². The minimum Gasteiger partial charge on any atom is -0.481 e. The van der Waals surface area contributed by atoms with Gasteiger partial charge < -0.3 is 15.2 Å². The number of hydrogen-bond acceptors (Lipinski definition) is 5. The smallest absolute Gasteiger partial charge is 0.309 e. The van der Waals surface area contributed by atoms with Crippen molar-refractivity contribution in [2.75, 3.05) is 0 Å². The van der Waals surface area contributed by atoms with E-state index in [2.05, 4.69) is 53.8 Å². The van der Waals surface area contributed by atoms with E-state index in [1.807, 2.05) is 0 Å². The van der Waals surface area contributed by atoms with E-state index in [0.717, 1.165) is 56.9 Å². The van der Waals surface area contributed by atoms with Gasteiger partial charge in [0.15, 0.2) is 5.78 Å². The number of carbonyl (C=O) groups excluding carboxylic acids is 3. The van der Waals surface area contributed by atoms with Gasteiger partial charge in [0.2, 0.25) is 5.91 Å². The van der Waals surface area contributed by atoms with Crippen molar-refractivity contribution in [3.8, 4) is 0 Å². The predicted molar refractivity (Wildman–Crippen MR) is 169 cm³/mol. The number of Topliss-reactive ketones (excluding diaryl/α,β-unsaturated/α-hetero) is 1. The van der Waals surface area contributed by atoms with E-state index >= 15 is 0 Å². The van der Waals surface area contributed by atoms with Crippen LogP contribution in [-0.2, 0) is 23.9 Å². The zero-order chi connectivity index (χ0) is 32.8. The van der Waals surface area contributed by atoms with E-state index < -0.39 is 22.9 Å². The highest BCUT2D eigenvalue weighted by Gasteiger charge is 2.70. The first kappa shape index (κ1) is 33.2. The minimum atomic E-state index is -1.16. The molecule has 5 aliphatic rings. The molecule has 0 unspecified atom stereocenters. The Morgan fingerprint density at radius 2 is 1.59 bits per heavy atom.